The second-order valence-electron chi connectivity index (χ2n) is 11.9. The van der Waals surface area contributed by atoms with Crippen molar-refractivity contribution in [2.75, 3.05) is 13.2 Å². The molecule has 4 heterocycles. The standard InChI is InChI=1S/C31H40FN7O2/c1-5-20-14-35-39-16-21(9-27(30(20)39)41-28(18-40)25-8-7-22(32)15-34-25)29-19(3)26(37(4)36-29)17-38(6-2)24-12-31(13-24)10-23(33)11-31/h7-9,14-16,23-24,28,40H,5-6,10-13,17-18,33H2,1-4H3. The molecule has 4 aromatic rings. The molecule has 0 aromatic carbocycles. The van der Waals surface area contributed by atoms with Crippen LogP contribution in [-0.4, -0.2) is 59.6 Å². The smallest absolute Gasteiger partial charge is 0.163 e. The lowest BCUT2D eigenvalue weighted by Crippen LogP contribution is -2.59. The molecule has 0 amide bonds. The number of hydrogen-bond acceptors (Lipinski definition) is 7. The Morgan fingerprint density at radius 2 is 2.00 bits per heavy atom. The van der Waals surface area contributed by atoms with Crippen molar-refractivity contribution in [2.24, 2.45) is 18.2 Å². The average Bonchev–Trinajstić information content (AvgIpc) is 3.47. The number of ether oxygens (including phenoxy) is 1. The highest BCUT2D eigenvalue weighted by Gasteiger charge is 2.53. The van der Waals surface area contributed by atoms with Crippen molar-refractivity contribution in [3.63, 3.8) is 0 Å². The van der Waals surface area contributed by atoms with Crippen LogP contribution >= 0.6 is 0 Å². The van der Waals surface area contributed by atoms with Crippen LogP contribution in [0.25, 0.3) is 16.8 Å². The molecular weight excluding hydrogens is 521 g/mol. The molecule has 0 aliphatic heterocycles. The molecule has 0 bridgehead atoms. The van der Waals surface area contributed by atoms with Crippen molar-refractivity contribution in [1.82, 2.24) is 29.3 Å². The fraction of sp³-hybridized carbons (Fsp3) is 0.516. The van der Waals surface area contributed by atoms with Crippen LogP contribution in [-0.2, 0) is 20.0 Å². The molecule has 0 radical (unpaired) electrons. The van der Waals surface area contributed by atoms with E-state index in [1.54, 1.807) is 0 Å². The Kier molecular flexibility index (Phi) is 7.33. The largest absolute Gasteiger partial charge is 0.479 e. The van der Waals surface area contributed by atoms with E-state index in [2.05, 4.69) is 35.8 Å². The van der Waals surface area contributed by atoms with E-state index in [9.17, 15) is 9.50 Å². The molecule has 3 N–H and O–H groups in total. The summed E-state index contributed by atoms with van der Waals surface area (Å²) in [5.74, 6) is 0.133. The third-order valence-electron chi connectivity index (χ3n) is 9.25. The first kappa shape index (κ1) is 27.8. The number of fused-ring (bicyclic) bond motifs is 1. The van der Waals surface area contributed by atoms with Gasteiger partial charge < -0.3 is 15.6 Å². The van der Waals surface area contributed by atoms with Crippen LogP contribution < -0.4 is 10.5 Å². The van der Waals surface area contributed by atoms with E-state index in [-0.39, 0.29) is 6.61 Å². The number of aryl methyl sites for hydroxylation is 2. The summed E-state index contributed by atoms with van der Waals surface area (Å²) in [7, 11) is 2.01. The summed E-state index contributed by atoms with van der Waals surface area (Å²) in [4.78, 5) is 6.71. The molecule has 6 rings (SSSR count). The number of rotatable bonds is 10. The Hall–Kier alpha value is -3.34. The van der Waals surface area contributed by atoms with Crippen LogP contribution in [0.1, 0.15) is 68.1 Å². The predicted molar refractivity (Wildman–Crippen MR) is 155 cm³/mol. The Bertz CT molecular complexity index is 1530. The lowest BCUT2D eigenvalue weighted by Gasteiger charge is -2.59. The van der Waals surface area contributed by atoms with E-state index in [1.165, 1.54) is 43.5 Å². The molecule has 10 heteroatoms. The molecule has 2 fully saturated rings. The monoisotopic (exact) mass is 561 g/mol. The summed E-state index contributed by atoms with van der Waals surface area (Å²) >= 11 is 0. The molecule has 218 valence electrons. The second-order valence-corrected chi connectivity index (χ2v) is 11.9. The van der Waals surface area contributed by atoms with Gasteiger partial charge in [0.2, 0.25) is 0 Å². The van der Waals surface area contributed by atoms with E-state index in [4.69, 9.17) is 15.6 Å². The number of nitrogens with two attached hydrogens (primary N) is 1. The average molecular weight is 562 g/mol. The minimum atomic E-state index is -0.760. The summed E-state index contributed by atoms with van der Waals surface area (Å²) in [6.45, 7) is 7.95. The Morgan fingerprint density at radius 1 is 1.22 bits per heavy atom. The van der Waals surface area contributed by atoms with Crippen LogP contribution in [0.5, 0.6) is 5.75 Å². The molecule has 41 heavy (non-hydrogen) atoms. The minimum absolute atomic E-state index is 0.307. The maximum atomic E-state index is 13.5. The minimum Gasteiger partial charge on any atom is -0.479 e. The summed E-state index contributed by atoms with van der Waals surface area (Å²) in [6, 6.07) is 5.80. The van der Waals surface area contributed by atoms with E-state index < -0.39 is 11.9 Å². The second kappa shape index (κ2) is 10.8. The van der Waals surface area contributed by atoms with Gasteiger partial charge in [0.1, 0.15) is 17.1 Å². The Labute approximate surface area is 240 Å². The molecule has 1 spiro atoms. The predicted octanol–water partition coefficient (Wildman–Crippen LogP) is 4.34. The van der Waals surface area contributed by atoms with Gasteiger partial charge in [-0.1, -0.05) is 13.8 Å². The number of nitrogens with zero attached hydrogens (tertiary/aromatic N) is 6. The van der Waals surface area contributed by atoms with E-state index in [1.807, 2.05) is 34.7 Å². The zero-order valence-electron chi connectivity index (χ0n) is 24.3. The Balaban J connectivity index is 1.31. The van der Waals surface area contributed by atoms with Gasteiger partial charge in [-0.25, -0.2) is 8.91 Å². The maximum absolute atomic E-state index is 13.5. The first-order valence-electron chi connectivity index (χ1n) is 14.7. The summed E-state index contributed by atoms with van der Waals surface area (Å²) < 4.78 is 23.7. The van der Waals surface area contributed by atoms with Crippen LogP contribution in [0.3, 0.4) is 0 Å². The number of aromatic nitrogens is 5. The van der Waals surface area contributed by atoms with Crippen LogP contribution in [0.2, 0.25) is 0 Å². The molecule has 2 aliphatic rings. The quantitative estimate of drug-likeness (QED) is 0.297. The number of pyridine rings is 2. The van der Waals surface area contributed by atoms with Gasteiger partial charge in [-0.3, -0.25) is 14.6 Å². The normalized spacial score (nSPS) is 22.7. The number of aliphatic hydroxyl groups excluding tert-OH is 1. The lowest BCUT2D eigenvalue weighted by molar-refractivity contribution is -0.0673. The molecule has 9 nitrogen and oxygen atoms in total. The van der Waals surface area contributed by atoms with Crippen LogP contribution in [0.4, 0.5) is 4.39 Å². The summed E-state index contributed by atoms with van der Waals surface area (Å²) in [5, 5.41) is 19.7. The van der Waals surface area contributed by atoms with Crippen LogP contribution in [0.15, 0.2) is 36.8 Å². The van der Waals surface area contributed by atoms with Gasteiger partial charge in [-0.15, -0.1) is 0 Å². The van der Waals surface area contributed by atoms with E-state index in [0.29, 0.717) is 28.9 Å². The number of halogens is 1. The summed E-state index contributed by atoms with van der Waals surface area (Å²) in [6.07, 6.45) is 9.79. The van der Waals surface area contributed by atoms with Gasteiger partial charge in [0.25, 0.3) is 0 Å². The van der Waals surface area contributed by atoms with E-state index >= 15 is 0 Å². The highest BCUT2D eigenvalue weighted by molar-refractivity contribution is 5.73. The van der Waals surface area contributed by atoms with Crippen molar-refractivity contribution in [3.8, 4) is 17.0 Å². The van der Waals surface area contributed by atoms with Gasteiger partial charge >= 0.3 is 0 Å². The Morgan fingerprint density at radius 3 is 2.63 bits per heavy atom. The topological polar surface area (TPSA) is 107 Å². The SMILES string of the molecule is CCc1cnn2cc(-c3nn(C)c(CN(CC)C4CC5(CC(N)C5)C4)c3C)cc(OC(CO)c3ccc(F)cn3)c12. The number of hydrogen-bond donors (Lipinski definition) is 2. The van der Waals surface area contributed by atoms with Crippen molar-refractivity contribution in [1.29, 1.82) is 0 Å². The first-order chi connectivity index (χ1) is 19.7. The third-order valence-corrected chi connectivity index (χ3v) is 9.25. The van der Waals surface area contributed by atoms with Crippen molar-refractivity contribution >= 4 is 5.52 Å². The van der Waals surface area contributed by atoms with Gasteiger partial charge in [0, 0.05) is 43.0 Å². The fourth-order valence-corrected chi connectivity index (χ4v) is 6.98. The molecule has 4 aromatic heterocycles. The number of aliphatic hydroxyl groups is 1. The lowest BCUT2D eigenvalue weighted by atomic mass is 9.52. The van der Waals surface area contributed by atoms with Crippen LogP contribution in [0, 0.1) is 18.2 Å². The van der Waals surface area contributed by atoms with Crippen molar-refractivity contribution in [3.05, 3.63) is 65.1 Å². The fourth-order valence-electron chi connectivity index (χ4n) is 6.98. The highest BCUT2D eigenvalue weighted by Crippen LogP contribution is 2.56. The molecule has 2 saturated carbocycles. The van der Waals surface area contributed by atoms with Gasteiger partial charge in [-0.2, -0.15) is 10.2 Å². The molecule has 1 atom stereocenters. The molecular formula is C31H40FN7O2. The third kappa shape index (κ3) is 5.02. The zero-order valence-corrected chi connectivity index (χ0v) is 24.3. The molecule has 1 unspecified atom stereocenters. The zero-order chi connectivity index (χ0) is 28.9. The summed E-state index contributed by atoms with van der Waals surface area (Å²) in [5.41, 5.74) is 12.9. The highest BCUT2D eigenvalue weighted by atomic mass is 19.1. The molecule has 0 saturated heterocycles. The maximum Gasteiger partial charge on any atom is 0.163 e. The molecule has 2 aliphatic carbocycles. The van der Waals surface area contributed by atoms with Gasteiger partial charge in [0.05, 0.1) is 36.1 Å². The van der Waals surface area contributed by atoms with Gasteiger partial charge in [0.15, 0.2) is 6.10 Å². The first-order valence-corrected chi connectivity index (χ1v) is 14.7. The van der Waals surface area contributed by atoms with Crippen molar-refractivity contribution in [2.45, 2.75) is 77.6 Å². The van der Waals surface area contributed by atoms with Gasteiger partial charge in [-0.05, 0) is 74.8 Å². The van der Waals surface area contributed by atoms with Crippen molar-refractivity contribution < 1.29 is 14.2 Å². The van der Waals surface area contributed by atoms with E-state index in [0.717, 1.165) is 53.6 Å².